The highest BCUT2D eigenvalue weighted by Crippen LogP contribution is 2.28. The molecule has 28 heavy (non-hydrogen) atoms. The lowest BCUT2D eigenvalue weighted by Crippen LogP contribution is -2.47. The van der Waals surface area contributed by atoms with Gasteiger partial charge in [0.05, 0.1) is 17.0 Å². The molecule has 0 amide bonds. The lowest BCUT2D eigenvalue weighted by molar-refractivity contribution is 0.235. The number of anilines is 1. The Morgan fingerprint density at radius 2 is 1.89 bits per heavy atom. The monoisotopic (exact) mass is 380 g/mol. The van der Waals surface area contributed by atoms with Crippen LogP contribution in [0.15, 0.2) is 36.8 Å². The quantitative estimate of drug-likeness (QED) is 0.655. The normalized spacial score (nSPS) is 15.5. The van der Waals surface area contributed by atoms with Crippen molar-refractivity contribution in [3.63, 3.8) is 0 Å². The van der Waals surface area contributed by atoms with Crippen molar-refractivity contribution in [2.75, 3.05) is 37.6 Å². The van der Waals surface area contributed by atoms with Crippen molar-refractivity contribution in [3.8, 4) is 5.88 Å². The van der Waals surface area contributed by atoms with Gasteiger partial charge in [0.2, 0.25) is 5.88 Å². The fourth-order valence-electron chi connectivity index (χ4n) is 3.68. The van der Waals surface area contributed by atoms with Crippen LogP contribution in [0.4, 0.5) is 5.69 Å². The number of benzene rings is 1. The molecule has 0 N–H and O–H groups in total. The highest BCUT2D eigenvalue weighted by atomic mass is 16.5. The molecule has 1 aliphatic rings. The Kier molecular flexibility index (Phi) is 5.43. The van der Waals surface area contributed by atoms with Gasteiger partial charge in [0.25, 0.3) is 0 Å². The second-order valence-corrected chi connectivity index (χ2v) is 7.57. The largest absolute Gasteiger partial charge is 0.474 e. The van der Waals surface area contributed by atoms with Gasteiger partial charge in [0, 0.05) is 63.8 Å². The van der Waals surface area contributed by atoms with Crippen LogP contribution in [-0.2, 0) is 13.5 Å². The van der Waals surface area contributed by atoms with E-state index in [4.69, 9.17) is 4.74 Å². The first-order valence-electron chi connectivity index (χ1n) is 9.96. The molecule has 1 aliphatic heterocycles. The van der Waals surface area contributed by atoms with Crippen molar-refractivity contribution in [2.45, 2.75) is 26.4 Å². The van der Waals surface area contributed by atoms with Crippen LogP contribution in [0, 0.1) is 0 Å². The Bertz CT molecular complexity index is 930. The fourth-order valence-corrected chi connectivity index (χ4v) is 3.68. The van der Waals surface area contributed by atoms with Gasteiger partial charge in [-0.1, -0.05) is 0 Å². The van der Waals surface area contributed by atoms with Gasteiger partial charge in [-0.25, -0.2) is 9.97 Å². The Morgan fingerprint density at radius 3 is 2.61 bits per heavy atom. The molecule has 7 nitrogen and oxygen atoms in total. The maximum absolute atomic E-state index is 5.88. The van der Waals surface area contributed by atoms with Gasteiger partial charge in [-0.05, 0) is 38.1 Å². The molecule has 4 rings (SSSR count). The van der Waals surface area contributed by atoms with Crippen molar-refractivity contribution in [1.29, 1.82) is 0 Å². The SMILES string of the molecule is CC(C)Oc1ncnc2ccc(N3CCN(CCc4ccnn4C)CC3)cc12. The van der Waals surface area contributed by atoms with E-state index in [-0.39, 0.29) is 6.10 Å². The zero-order valence-corrected chi connectivity index (χ0v) is 16.9. The number of aromatic nitrogens is 4. The van der Waals surface area contributed by atoms with Gasteiger partial charge >= 0.3 is 0 Å². The third-order valence-corrected chi connectivity index (χ3v) is 5.27. The first-order valence-corrected chi connectivity index (χ1v) is 9.96. The number of piperazine rings is 1. The van der Waals surface area contributed by atoms with Crippen LogP contribution in [0.2, 0.25) is 0 Å². The van der Waals surface area contributed by atoms with E-state index in [2.05, 4.69) is 49.1 Å². The molecule has 0 spiro atoms. The first-order chi connectivity index (χ1) is 13.6. The molecular formula is C21H28N6O. The molecule has 7 heteroatoms. The van der Waals surface area contributed by atoms with Crippen LogP contribution in [-0.4, -0.2) is 63.5 Å². The third-order valence-electron chi connectivity index (χ3n) is 5.27. The molecule has 148 valence electrons. The summed E-state index contributed by atoms with van der Waals surface area (Å²) in [5, 5.41) is 5.23. The van der Waals surface area contributed by atoms with Gasteiger partial charge in [0.1, 0.15) is 6.33 Å². The predicted molar refractivity (Wildman–Crippen MR) is 111 cm³/mol. The summed E-state index contributed by atoms with van der Waals surface area (Å²) in [6.07, 6.45) is 4.57. The van der Waals surface area contributed by atoms with E-state index < -0.39 is 0 Å². The minimum atomic E-state index is 0.0877. The maximum atomic E-state index is 5.88. The van der Waals surface area contributed by atoms with Crippen LogP contribution in [0.3, 0.4) is 0 Å². The number of hydrogen-bond acceptors (Lipinski definition) is 6. The van der Waals surface area contributed by atoms with Crippen LogP contribution >= 0.6 is 0 Å². The average Bonchev–Trinajstić information content (AvgIpc) is 3.11. The van der Waals surface area contributed by atoms with E-state index >= 15 is 0 Å². The van der Waals surface area contributed by atoms with Crippen LogP contribution < -0.4 is 9.64 Å². The molecule has 0 unspecified atom stereocenters. The maximum Gasteiger partial charge on any atom is 0.224 e. The molecular weight excluding hydrogens is 352 g/mol. The molecule has 0 atom stereocenters. The highest BCUT2D eigenvalue weighted by Gasteiger charge is 2.18. The van der Waals surface area contributed by atoms with Gasteiger partial charge < -0.3 is 9.64 Å². The number of ether oxygens (including phenoxy) is 1. The zero-order chi connectivity index (χ0) is 19.5. The average molecular weight is 380 g/mol. The summed E-state index contributed by atoms with van der Waals surface area (Å²) in [6, 6.07) is 8.48. The summed E-state index contributed by atoms with van der Waals surface area (Å²) >= 11 is 0. The van der Waals surface area contributed by atoms with Crippen molar-refractivity contribution < 1.29 is 4.74 Å². The Morgan fingerprint density at radius 1 is 1.07 bits per heavy atom. The van der Waals surface area contributed by atoms with Crippen LogP contribution in [0.25, 0.3) is 10.9 Å². The van der Waals surface area contributed by atoms with Crippen molar-refractivity contribution >= 4 is 16.6 Å². The Balaban J connectivity index is 1.41. The molecule has 3 heterocycles. The topological polar surface area (TPSA) is 59.3 Å². The van der Waals surface area contributed by atoms with E-state index in [0.717, 1.165) is 50.0 Å². The summed E-state index contributed by atoms with van der Waals surface area (Å²) in [7, 11) is 2.01. The Hall–Kier alpha value is -2.67. The van der Waals surface area contributed by atoms with Crippen molar-refractivity contribution in [2.24, 2.45) is 7.05 Å². The fraction of sp³-hybridized carbons (Fsp3) is 0.476. The lowest BCUT2D eigenvalue weighted by Gasteiger charge is -2.36. The van der Waals surface area contributed by atoms with Crippen LogP contribution in [0.5, 0.6) is 5.88 Å². The van der Waals surface area contributed by atoms with E-state index in [1.807, 2.05) is 31.8 Å². The van der Waals surface area contributed by atoms with E-state index in [0.29, 0.717) is 5.88 Å². The van der Waals surface area contributed by atoms with Crippen molar-refractivity contribution in [1.82, 2.24) is 24.6 Å². The van der Waals surface area contributed by atoms with E-state index in [9.17, 15) is 0 Å². The summed E-state index contributed by atoms with van der Waals surface area (Å²) in [5.41, 5.74) is 3.42. The minimum absolute atomic E-state index is 0.0877. The second-order valence-electron chi connectivity index (χ2n) is 7.57. The minimum Gasteiger partial charge on any atom is -0.474 e. The molecule has 0 radical (unpaired) electrons. The Labute approximate surface area is 165 Å². The molecule has 3 aromatic rings. The molecule has 1 aromatic carbocycles. The molecule has 0 aliphatic carbocycles. The van der Waals surface area contributed by atoms with Crippen molar-refractivity contribution in [3.05, 3.63) is 42.5 Å². The van der Waals surface area contributed by atoms with Gasteiger partial charge in [0.15, 0.2) is 0 Å². The number of fused-ring (bicyclic) bond motifs is 1. The molecule has 2 aromatic heterocycles. The van der Waals surface area contributed by atoms with Gasteiger partial charge in [-0.3, -0.25) is 9.58 Å². The highest BCUT2D eigenvalue weighted by molar-refractivity contribution is 5.86. The van der Waals surface area contributed by atoms with E-state index in [1.165, 1.54) is 11.4 Å². The number of hydrogen-bond donors (Lipinski definition) is 0. The van der Waals surface area contributed by atoms with Crippen LogP contribution in [0.1, 0.15) is 19.5 Å². The summed E-state index contributed by atoms with van der Waals surface area (Å²) in [6.45, 7) is 9.28. The summed E-state index contributed by atoms with van der Waals surface area (Å²) in [4.78, 5) is 13.7. The lowest BCUT2D eigenvalue weighted by atomic mass is 10.1. The number of aryl methyl sites for hydroxylation is 1. The zero-order valence-electron chi connectivity index (χ0n) is 16.9. The third kappa shape index (κ3) is 4.09. The molecule has 0 bridgehead atoms. The van der Waals surface area contributed by atoms with E-state index in [1.54, 1.807) is 6.33 Å². The smallest absolute Gasteiger partial charge is 0.224 e. The first kappa shape index (κ1) is 18.7. The predicted octanol–water partition coefficient (Wildman–Crippen LogP) is 2.52. The van der Waals surface area contributed by atoms with Gasteiger partial charge in [-0.2, -0.15) is 5.10 Å². The number of nitrogens with zero attached hydrogens (tertiary/aromatic N) is 6. The standard InChI is InChI=1S/C21H28N6O/c1-16(2)28-21-19-14-18(4-5-20(19)22-15-23-21)27-12-10-26(11-13-27)9-7-17-6-8-24-25(17)3/h4-6,8,14-16H,7,9-13H2,1-3H3. The summed E-state index contributed by atoms with van der Waals surface area (Å²) in [5.74, 6) is 0.664. The van der Waals surface area contributed by atoms with Gasteiger partial charge in [-0.15, -0.1) is 0 Å². The number of rotatable bonds is 6. The molecule has 0 saturated carbocycles. The summed E-state index contributed by atoms with van der Waals surface area (Å²) < 4.78 is 7.84. The second kappa shape index (κ2) is 8.14. The molecule has 1 fully saturated rings. The molecule has 1 saturated heterocycles.